The second-order valence-electron chi connectivity index (χ2n) is 8.02. The molecule has 0 saturated heterocycles. The first-order chi connectivity index (χ1) is 10.1. The molecule has 0 radical (unpaired) electrons. The Morgan fingerprint density at radius 2 is 1.43 bits per heavy atom. The van der Waals surface area contributed by atoms with Crippen LogP contribution in [0, 0.1) is 6.92 Å². The fourth-order valence-electron chi connectivity index (χ4n) is 2.27. The van der Waals surface area contributed by atoms with Crippen molar-refractivity contribution < 1.29 is 18.1 Å². The normalized spacial score (nSPS) is 16.9. The maximum atomic E-state index is 13.4. The van der Waals surface area contributed by atoms with Crippen LogP contribution < -0.4 is 0 Å². The Labute approximate surface area is 144 Å². The second-order valence-corrected chi connectivity index (χ2v) is 12.3. The van der Waals surface area contributed by atoms with Crippen LogP contribution in [-0.4, -0.2) is 41.0 Å². The molecule has 0 heterocycles. The molecule has 0 aliphatic carbocycles. The van der Waals surface area contributed by atoms with Gasteiger partial charge >= 0.3 is 7.60 Å². The summed E-state index contributed by atoms with van der Waals surface area (Å²) in [4.78, 5) is 0. The lowest BCUT2D eigenvalue weighted by atomic mass is 10.2. The first kappa shape index (κ1) is 23.4. The molecule has 0 N–H and O–H groups in total. The Morgan fingerprint density at radius 1 is 1.04 bits per heavy atom. The van der Waals surface area contributed by atoms with Crippen LogP contribution in [0.1, 0.15) is 62.3 Å². The van der Waals surface area contributed by atoms with Crippen molar-refractivity contribution in [1.29, 1.82) is 0 Å². The molecule has 0 aromatic rings. The topological polar surface area (TPSA) is 48.0 Å². The lowest BCUT2D eigenvalue weighted by molar-refractivity contribution is 0.0508. The van der Waals surface area contributed by atoms with E-state index in [2.05, 4.69) is 25.4 Å². The first-order valence-electron chi connectivity index (χ1n) is 8.04. The minimum atomic E-state index is -3.33. The molecule has 7 heteroatoms. The molecule has 23 heavy (non-hydrogen) atoms. The predicted molar refractivity (Wildman–Crippen MR) is 99.9 cm³/mol. The summed E-state index contributed by atoms with van der Waals surface area (Å²) in [6.45, 7) is 21.5. The summed E-state index contributed by atoms with van der Waals surface area (Å²) in [6.07, 6.45) is 0. The Balaban J connectivity index is 5.52. The fourth-order valence-corrected chi connectivity index (χ4v) is 7.81. The monoisotopic (exact) mass is 368 g/mol. The van der Waals surface area contributed by atoms with E-state index in [9.17, 15) is 4.57 Å². The van der Waals surface area contributed by atoms with Gasteiger partial charge in [0.25, 0.3) is 0 Å². The third-order valence-electron chi connectivity index (χ3n) is 2.57. The molecule has 0 fully saturated rings. The van der Waals surface area contributed by atoms with Gasteiger partial charge < -0.3 is 13.6 Å². The van der Waals surface area contributed by atoms with Crippen molar-refractivity contribution in [2.24, 2.45) is 0 Å². The SMILES string of the molecule is [CH2+]C(C)N(C(C)C)P(CP(=O)(OC(C)(C)C)OC(C)(C)C)OC. The molecule has 0 saturated carbocycles. The van der Waals surface area contributed by atoms with E-state index < -0.39 is 27.1 Å². The van der Waals surface area contributed by atoms with Crippen molar-refractivity contribution in [3.63, 3.8) is 0 Å². The van der Waals surface area contributed by atoms with Gasteiger partial charge in [0.15, 0.2) is 6.04 Å². The molecule has 0 rings (SSSR count). The van der Waals surface area contributed by atoms with Crippen LogP contribution in [0.25, 0.3) is 0 Å². The van der Waals surface area contributed by atoms with Crippen molar-refractivity contribution in [3.05, 3.63) is 6.92 Å². The minimum Gasteiger partial charge on any atom is -0.346 e. The highest BCUT2D eigenvalue weighted by Crippen LogP contribution is 2.64. The van der Waals surface area contributed by atoms with E-state index in [-0.39, 0.29) is 18.0 Å². The molecule has 0 bridgehead atoms. The van der Waals surface area contributed by atoms with E-state index in [0.29, 0.717) is 0 Å². The summed E-state index contributed by atoms with van der Waals surface area (Å²) >= 11 is 0. The number of hydrogen-bond acceptors (Lipinski definition) is 5. The van der Waals surface area contributed by atoms with Crippen LogP contribution in [0.3, 0.4) is 0 Å². The quantitative estimate of drug-likeness (QED) is 0.409. The van der Waals surface area contributed by atoms with Gasteiger partial charge in [0.05, 0.1) is 18.1 Å². The zero-order chi connectivity index (χ0) is 18.6. The summed E-state index contributed by atoms with van der Waals surface area (Å²) < 4.78 is 33.0. The molecule has 0 amide bonds. The third-order valence-corrected chi connectivity index (χ3v) is 8.37. The van der Waals surface area contributed by atoms with Crippen molar-refractivity contribution in [1.82, 2.24) is 4.67 Å². The maximum absolute atomic E-state index is 13.4. The summed E-state index contributed by atoms with van der Waals surface area (Å²) in [5.41, 5.74) is -1.12. The van der Waals surface area contributed by atoms with Crippen LogP contribution in [0.5, 0.6) is 0 Å². The molecule has 5 nitrogen and oxygen atoms in total. The standard InChI is InChI=1S/C16H36NO4P2/c1-13(2)17(14(3)4)22(19-11)12-23(18,20-15(5,6)7)21-16(8,9)10/h13-14H,1,12H2,2-11H3/q+1. The van der Waals surface area contributed by atoms with Crippen LogP contribution in [0.4, 0.5) is 0 Å². The minimum absolute atomic E-state index is 0.0405. The number of hydrogen-bond donors (Lipinski definition) is 0. The Morgan fingerprint density at radius 3 is 1.65 bits per heavy atom. The van der Waals surface area contributed by atoms with Crippen LogP contribution >= 0.6 is 15.9 Å². The van der Waals surface area contributed by atoms with Gasteiger partial charge in [0, 0.05) is 13.2 Å². The van der Waals surface area contributed by atoms with E-state index in [1.165, 1.54) is 0 Å². The molecule has 2 atom stereocenters. The number of nitrogens with zero attached hydrogens (tertiary/aromatic N) is 1. The molecule has 0 aromatic heterocycles. The van der Waals surface area contributed by atoms with Crippen LogP contribution in [0.2, 0.25) is 0 Å². The fraction of sp³-hybridized carbons (Fsp3) is 0.938. The summed E-state index contributed by atoms with van der Waals surface area (Å²) in [7, 11) is -2.83. The van der Waals surface area contributed by atoms with Gasteiger partial charge in [-0.2, -0.15) is 0 Å². The average Bonchev–Trinajstić information content (AvgIpc) is 2.20. The van der Waals surface area contributed by atoms with Crippen molar-refractivity contribution >= 4 is 15.9 Å². The lowest BCUT2D eigenvalue weighted by Crippen LogP contribution is -2.34. The average molecular weight is 368 g/mol. The Hall–Kier alpha value is 0.370. The van der Waals surface area contributed by atoms with E-state index >= 15 is 0 Å². The first-order valence-corrected chi connectivity index (χ1v) is 11.2. The van der Waals surface area contributed by atoms with E-state index in [1.807, 2.05) is 48.5 Å². The summed E-state index contributed by atoms with van der Waals surface area (Å²) in [5, 5.41) is 0. The molecular formula is C16H36NO4P2+. The molecule has 138 valence electrons. The molecule has 0 aromatic carbocycles. The molecule has 2 unspecified atom stereocenters. The molecule has 0 spiro atoms. The smallest absolute Gasteiger partial charge is 0.339 e. The maximum Gasteiger partial charge on any atom is 0.339 e. The Kier molecular flexibility index (Phi) is 8.79. The Bertz CT molecular complexity index is 372. The van der Waals surface area contributed by atoms with Crippen LogP contribution in [0.15, 0.2) is 0 Å². The van der Waals surface area contributed by atoms with Crippen molar-refractivity contribution in [2.45, 2.75) is 85.6 Å². The zero-order valence-electron chi connectivity index (χ0n) is 16.5. The van der Waals surface area contributed by atoms with Gasteiger partial charge in [0.1, 0.15) is 14.2 Å². The molecule has 0 aliphatic rings. The van der Waals surface area contributed by atoms with Gasteiger partial charge in [-0.25, -0.2) is 4.67 Å². The summed E-state index contributed by atoms with van der Waals surface area (Å²) in [5.74, 6) is 0.228. The van der Waals surface area contributed by atoms with E-state index in [4.69, 9.17) is 13.6 Å². The predicted octanol–water partition coefficient (Wildman–Crippen LogP) is 5.66. The lowest BCUT2D eigenvalue weighted by Gasteiger charge is -2.37. The highest BCUT2D eigenvalue weighted by molar-refractivity contribution is 7.69. The van der Waals surface area contributed by atoms with E-state index in [1.54, 1.807) is 7.11 Å². The van der Waals surface area contributed by atoms with Gasteiger partial charge in [-0.05, 0) is 62.3 Å². The molecular weight excluding hydrogens is 332 g/mol. The zero-order valence-corrected chi connectivity index (χ0v) is 18.3. The van der Waals surface area contributed by atoms with Crippen molar-refractivity contribution in [2.75, 3.05) is 13.0 Å². The summed E-state index contributed by atoms with van der Waals surface area (Å²) in [6, 6.07) is 0.269. The van der Waals surface area contributed by atoms with Crippen LogP contribution in [-0.2, 0) is 18.1 Å². The van der Waals surface area contributed by atoms with Gasteiger partial charge in [0.2, 0.25) is 0 Å². The van der Waals surface area contributed by atoms with Gasteiger partial charge in [-0.15, -0.1) is 0 Å². The van der Waals surface area contributed by atoms with E-state index in [0.717, 1.165) is 0 Å². The largest absolute Gasteiger partial charge is 0.346 e. The second kappa shape index (κ2) is 8.65. The third kappa shape index (κ3) is 9.43. The van der Waals surface area contributed by atoms with Crippen molar-refractivity contribution in [3.8, 4) is 0 Å². The number of rotatable bonds is 8. The highest BCUT2D eigenvalue weighted by atomic mass is 31.2. The molecule has 0 aliphatic heterocycles. The van der Waals surface area contributed by atoms with Gasteiger partial charge in [-0.1, -0.05) is 0 Å². The van der Waals surface area contributed by atoms with Gasteiger partial charge in [-0.3, -0.25) is 4.57 Å². The highest BCUT2D eigenvalue weighted by Gasteiger charge is 2.41.